The third-order valence-corrected chi connectivity index (χ3v) is 7.71. The SMILES string of the molecule is CCOC(=O)c1cc2c(s1)-n1c(nnc1CNC(=O)c1ccc(Cl)c(Cl)c1)CN=C2c1ccccc1Cl. The Bertz CT molecular complexity index is 1560. The van der Waals surface area contributed by atoms with Gasteiger partial charge < -0.3 is 10.1 Å². The highest BCUT2D eigenvalue weighted by atomic mass is 35.5. The monoisotopic (exact) mass is 573 g/mol. The summed E-state index contributed by atoms with van der Waals surface area (Å²) in [7, 11) is 0. The molecule has 0 spiro atoms. The maximum Gasteiger partial charge on any atom is 0.348 e. The second kappa shape index (κ2) is 10.6. The molecule has 5 rings (SSSR count). The van der Waals surface area contributed by atoms with E-state index in [0.717, 1.165) is 5.56 Å². The summed E-state index contributed by atoms with van der Waals surface area (Å²) in [4.78, 5) is 30.6. The van der Waals surface area contributed by atoms with E-state index in [2.05, 4.69) is 15.5 Å². The molecule has 1 aliphatic rings. The molecular weight excluding hydrogens is 557 g/mol. The summed E-state index contributed by atoms with van der Waals surface area (Å²) in [6.45, 7) is 2.29. The Kier molecular flexibility index (Phi) is 7.30. The number of esters is 1. The number of rotatable bonds is 6. The first-order valence-electron chi connectivity index (χ1n) is 11.1. The number of amides is 1. The molecule has 0 atom stereocenters. The molecule has 8 nitrogen and oxygen atoms in total. The maximum atomic E-state index is 12.8. The number of carbonyl (C=O) groups excluding carboxylic acids is 2. The summed E-state index contributed by atoms with van der Waals surface area (Å²) in [5, 5.41) is 13.3. The van der Waals surface area contributed by atoms with Gasteiger partial charge in [0, 0.05) is 21.7 Å². The van der Waals surface area contributed by atoms with Gasteiger partial charge in [0.1, 0.15) is 16.4 Å². The second-order valence-corrected chi connectivity index (χ2v) is 10.1. The van der Waals surface area contributed by atoms with Crippen molar-refractivity contribution < 1.29 is 14.3 Å². The van der Waals surface area contributed by atoms with Crippen molar-refractivity contribution in [2.24, 2.45) is 4.99 Å². The van der Waals surface area contributed by atoms with E-state index in [0.29, 0.717) is 48.4 Å². The molecule has 1 amide bonds. The lowest BCUT2D eigenvalue weighted by atomic mass is 10.0. The third kappa shape index (κ3) is 5.00. The van der Waals surface area contributed by atoms with Crippen LogP contribution in [0.1, 0.15) is 49.7 Å². The Hall–Kier alpha value is -3.24. The van der Waals surface area contributed by atoms with Crippen molar-refractivity contribution >= 4 is 63.7 Å². The zero-order chi connectivity index (χ0) is 26.1. The molecule has 2 aromatic heterocycles. The number of nitrogens with zero attached hydrogens (tertiary/aromatic N) is 4. The van der Waals surface area contributed by atoms with Gasteiger partial charge in [0.2, 0.25) is 0 Å². The van der Waals surface area contributed by atoms with Crippen LogP contribution < -0.4 is 5.32 Å². The zero-order valence-electron chi connectivity index (χ0n) is 19.3. The minimum Gasteiger partial charge on any atom is -0.462 e. The molecule has 0 saturated carbocycles. The minimum absolute atomic E-state index is 0.0690. The normalized spacial score (nSPS) is 12.3. The Morgan fingerprint density at radius 3 is 2.59 bits per heavy atom. The fourth-order valence-electron chi connectivity index (χ4n) is 3.84. The van der Waals surface area contributed by atoms with Gasteiger partial charge in [-0.1, -0.05) is 53.0 Å². The standard InChI is InChI=1S/C25H18Cl3N5O3S/c1-2-36-25(35)19-10-15-22(14-5-3-4-6-16(14)26)29-11-20-31-32-21(33(20)24(15)37-19)12-30-23(34)13-7-8-17(27)18(28)9-13/h3-10H,2,11-12H2,1H3,(H,30,34). The summed E-state index contributed by atoms with van der Waals surface area (Å²) in [6.07, 6.45) is 0. The summed E-state index contributed by atoms with van der Waals surface area (Å²) in [6, 6.07) is 13.8. The van der Waals surface area contributed by atoms with Crippen molar-refractivity contribution in [2.75, 3.05) is 6.61 Å². The first-order chi connectivity index (χ1) is 17.9. The van der Waals surface area contributed by atoms with Gasteiger partial charge in [0.25, 0.3) is 5.91 Å². The van der Waals surface area contributed by atoms with Crippen molar-refractivity contribution in [3.63, 3.8) is 0 Å². The number of aromatic nitrogens is 3. The number of halogens is 3. The van der Waals surface area contributed by atoms with Crippen LogP contribution in [0, 0.1) is 0 Å². The highest BCUT2D eigenvalue weighted by molar-refractivity contribution is 7.16. The van der Waals surface area contributed by atoms with Crippen molar-refractivity contribution in [1.29, 1.82) is 0 Å². The number of carbonyl (C=O) groups is 2. The number of ether oxygens (including phenoxy) is 1. The van der Waals surface area contributed by atoms with Crippen LogP contribution in [-0.2, 0) is 17.8 Å². The first-order valence-corrected chi connectivity index (χ1v) is 13.1. The largest absolute Gasteiger partial charge is 0.462 e. The molecule has 1 aliphatic heterocycles. The van der Waals surface area contributed by atoms with Crippen LogP contribution in [0.25, 0.3) is 5.00 Å². The maximum absolute atomic E-state index is 12.8. The molecule has 1 N–H and O–H groups in total. The van der Waals surface area contributed by atoms with Gasteiger partial charge in [0.15, 0.2) is 11.6 Å². The number of hydrogen-bond acceptors (Lipinski definition) is 7. The molecule has 0 fully saturated rings. The lowest BCUT2D eigenvalue weighted by molar-refractivity contribution is 0.0532. The van der Waals surface area contributed by atoms with Gasteiger partial charge in [0.05, 0.1) is 28.9 Å². The van der Waals surface area contributed by atoms with Crippen LogP contribution in [0.2, 0.25) is 15.1 Å². The van der Waals surface area contributed by atoms with Crippen LogP contribution in [-0.4, -0.2) is 39.0 Å². The van der Waals surface area contributed by atoms with Gasteiger partial charge in [-0.15, -0.1) is 21.5 Å². The van der Waals surface area contributed by atoms with Crippen LogP contribution in [0.5, 0.6) is 0 Å². The number of hydrogen-bond donors (Lipinski definition) is 1. The van der Waals surface area contributed by atoms with Gasteiger partial charge >= 0.3 is 5.97 Å². The molecule has 4 aromatic rings. The van der Waals surface area contributed by atoms with E-state index in [1.165, 1.54) is 17.4 Å². The van der Waals surface area contributed by atoms with E-state index in [4.69, 9.17) is 44.5 Å². The van der Waals surface area contributed by atoms with Crippen LogP contribution in [0.3, 0.4) is 0 Å². The van der Waals surface area contributed by atoms with E-state index >= 15 is 0 Å². The zero-order valence-corrected chi connectivity index (χ0v) is 22.4. The summed E-state index contributed by atoms with van der Waals surface area (Å²) < 4.78 is 7.05. The Morgan fingerprint density at radius 1 is 1.03 bits per heavy atom. The van der Waals surface area contributed by atoms with Gasteiger partial charge in [-0.3, -0.25) is 14.4 Å². The highest BCUT2D eigenvalue weighted by Gasteiger charge is 2.28. The van der Waals surface area contributed by atoms with E-state index in [-0.39, 0.29) is 30.6 Å². The van der Waals surface area contributed by atoms with E-state index < -0.39 is 5.97 Å². The quantitative estimate of drug-likeness (QED) is 0.296. The van der Waals surface area contributed by atoms with E-state index in [1.54, 1.807) is 31.2 Å². The Balaban J connectivity index is 1.53. The molecule has 0 radical (unpaired) electrons. The molecule has 37 heavy (non-hydrogen) atoms. The topological polar surface area (TPSA) is 98.5 Å². The third-order valence-electron chi connectivity index (χ3n) is 5.54. The van der Waals surface area contributed by atoms with Gasteiger partial charge in [-0.2, -0.15) is 0 Å². The summed E-state index contributed by atoms with van der Waals surface area (Å²) >= 11 is 19.8. The van der Waals surface area contributed by atoms with Gasteiger partial charge in [-0.25, -0.2) is 4.79 Å². The molecule has 0 saturated heterocycles. The first kappa shape index (κ1) is 25.4. The molecule has 188 valence electrons. The number of nitrogens with one attached hydrogen (secondary N) is 1. The predicted molar refractivity (Wildman–Crippen MR) is 144 cm³/mol. The van der Waals surface area contributed by atoms with Crippen molar-refractivity contribution in [3.05, 3.63) is 96.8 Å². The van der Waals surface area contributed by atoms with Gasteiger partial charge in [-0.05, 0) is 37.3 Å². The van der Waals surface area contributed by atoms with E-state index in [1.807, 2.05) is 22.8 Å². The summed E-state index contributed by atoms with van der Waals surface area (Å²) in [5.41, 5.74) is 2.41. The molecule has 12 heteroatoms. The smallest absolute Gasteiger partial charge is 0.348 e. The van der Waals surface area contributed by atoms with Crippen LogP contribution in [0.15, 0.2) is 53.5 Å². The molecule has 0 aliphatic carbocycles. The highest BCUT2D eigenvalue weighted by Crippen LogP contribution is 2.35. The fraction of sp³-hybridized carbons (Fsp3) is 0.160. The fourth-order valence-corrected chi connectivity index (χ4v) is 5.46. The van der Waals surface area contributed by atoms with Crippen molar-refractivity contribution in [2.45, 2.75) is 20.0 Å². The molecular formula is C25H18Cl3N5O3S. The molecule has 0 bridgehead atoms. The molecule has 3 heterocycles. The minimum atomic E-state index is -0.442. The van der Waals surface area contributed by atoms with Crippen molar-refractivity contribution in [3.8, 4) is 5.00 Å². The van der Waals surface area contributed by atoms with E-state index in [9.17, 15) is 9.59 Å². The molecule has 2 aromatic carbocycles. The Labute approximate surface area is 230 Å². The van der Waals surface area contributed by atoms with Crippen molar-refractivity contribution in [1.82, 2.24) is 20.1 Å². The average Bonchev–Trinajstić information content (AvgIpc) is 3.46. The molecule has 0 unspecified atom stereocenters. The summed E-state index contributed by atoms with van der Waals surface area (Å²) in [5.74, 6) is 0.233. The number of aliphatic imine (C=N–C) groups is 1. The lowest BCUT2D eigenvalue weighted by Crippen LogP contribution is -2.24. The predicted octanol–water partition coefficient (Wildman–Crippen LogP) is 5.75. The lowest BCUT2D eigenvalue weighted by Gasteiger charge is -2.10. The number of benzene rings is 2. The van der Waals surface area contributed by atoms with Crippen LogP contribution in [0.4, 0.5) is 0 Å². The number of thiophene rings is 1. The number of fused-ring (bicyclic) bond motifs is 3. The average molecular weight is 575 g/mol. The Morgan fingerprint density at radius 2 is 1.84 bits per heavy atom. The van der Waals surface area contributed by atoms with Crippen LogP contribution >= 0.6 is 46.1 Å². The second-order valence-electron chi connectivity index (χ2n) is 7.87.